The van der Waals surface area contributed by atoms with E-state index in [-0.39, 0.29) is 0 Å². The molecule has 0 amide bonds. The van der Waals surface area contributed by atoms with Gasteiger partial charge in [-0.25, -0.2) is 4.79 Å². The first-order valence-electron chi connectivity index (χ1n) is 4.35. The average molecular weight is 181 g/mol. The molecule has 0 atom stereocenters. The second kappa shape index (κ2) is 4.64. The number of rotatable bonds is 4. The highest BCUT2D eigenvalue weighted by Gasteiger charge is 1.97. The molecule has 71 valence electrons. The van der Waals surface area contributed by atoms with E-state index in [4.69, 9.17) is 4.84 Å². The van der Waals surface area contributed by atoms with Gasteiger partial charge in [0.25, 0.3) is 0 Å². The standard InChI is InChI=1S/C9H13N2O2/c1-3-4-5-13-11-7-8(2)6-10-9(11)12/h7H,3-5H2,1-2H3. The summed E-state index contributed by atoms with van der Waals surface area (Å²) in [6, 6.07) is 0. The second-order valence-corrected chi connectivity index (χ2v) is 2.83. The summed E-state index contributed by atoms with van der Waals surface area (Å²) in [7, 11) is 0. The third-order valence-electron chi connectivity index (χ3n) is 1.56. The first-order valence-corrected chi connectivity index (χ1v) is 4.35. The van der Waals surface area contributed by atoms with Gasteiger partial charge in [-0.3, -0.25) is 0 Å². The number of aromatic nitrogens is 2. The van der Waals surface area contributed by atoms with Crippen molar-refractivity contribution < 1.29 is 4.84 Å². The molecule has 4 nitrogen and oxygen atoms in total. The van der Waals surface area contributed by atoms with Crippen LogP contribution in [0.25, 0.3) is 0 Å². The predicted octanol–water partition coefficient (Wildman–Crippen LogP) is 0.581. The Balaban J connectivity index is 2.65. The lowest BCUT2D eigenvalue weighted by Crippen LogP contribution is -2.29. The fraction of sp³-hybridized carbons (Fsp3) is 0.556. The Kier molecular flexibility index (Phi) is 3.49. The van der Waals surface area contributed by atoms with E-state index in [0.717, 1.165) is 23.1 Å². The van der Waals surface area contributed by atoms with Crippen molar-refractivity contribution in [2.24, 2.45) is 0 Å². The van der Waals surface area contributed by atoms with Crippen molar-refractivity contribution >= 4 is 0 Å². The van der Waals surface area contributed by atoms with Gasteiger partial charge < -0.3 is 4.84 Å². The predicted molar refractivity (Wildman–Crippen MR) is 48.4 cm³/mol. The molecule has 0 fully saturated rings. The van der Waals surface area contributed by atoms with Gasteiger partial charge in [0.05, 0.1) is 12.4 Å². The van der Waals surface area contributed by atoms with Gasteiger partial charge in [-0.1, -0.05) is 13.3 Å². The monoisotopic (exact) mass is 181 g/mol. The topological polar surface area (TPSA) is 44.1 Å². The van der Waals surface area contributed by atoms with E-state index < -0.39 is 5.69 Å². The van der Waals surface area contributed by atoms with Gasteiger partial charge in [-0.05, 0) is 18.9 Å². The normalized spacial score (nSPS) is 10.0. The van der Waals surface area contributed by atoms with E-state index in [1.54, 1.807) is 6.20 Å². The zero-order valence-electron chi connectivity index (χ0n) is 7.91. The van der Waals surface area contributed by atoms with Crippen molar-refractivity contribution in [3.8, 4) is 0 Å². The number of hydrogen-bond donors (Lipinski definition) is 0. The van der Waals surface area contributed by atoms with Crippen LogP contribution in [0.1, 0.15) is 25.3 Å². The molecule has 1 heterocycles. The molecule has 0 saturated heterocycles. The molecule has 4 heteroatoms. The summed E-state index contributed by atoms with van der Waals surface area (Å²) in [5.41, 5.74) is 0.373. The van der Waals surface area contributed by atoms with Gasteiger partial charge >= 0.3 is 5.69 Å². The Morgan fingerprint density at radius 1 is 1.69 bits per heavy atom. The van der Waals surface area contributed by atoms with Gasteiger partial charge in [0.1, 0.15) is 6.61 Å². The number of hydrogen-bond acceptors (Lipinski definition) is 3. The van der Waals surface area contributed by atoms with Gasteiger partial charge in [0, 0.05) is 0 Å². The van der Waals surface area contributed by atoms with Crippen molar-refractivity contribution in [3.63, 3.8) is 0 Å². The summed E-state index contributed by atoms with van der Waals surface area (Å²) in [5.74, 6) is 0. The van der Waals surface area contributed by atoms with Crippen LogP contribution in [0.2, 0.25) is 0 Å². The van der Waals surface area contributed by atoms with E-state index in [1.807, 2.05) is 6.92 Å². The van der Waals surface area contributed by atoms with E-state index in [9.17, 15) is 4.79 Å². The molecule has 13 heavy (non-hydrogen) atoms. The van der Waals surface area contributed by atoms with E-state index in [1.165, 1.54) is 0 Å². The summed E-state index contributed by atoms with van der Waals surface area (Å²) in [4.78, 5) is 19.8. The minimum absolute atomic E-state index is 0.415. The smallest absolute Gasteiger partial charge is 0.381 e. The Bertz CT molecular complexity index is 320. The van der Waals surface area contributed by atoms with Crippen molar-refractivity contribution in [3.05, 3.63) is 28.4 Å². The number of nitrogens with zero attached hydrogens (tertiary/aromatic N) is 2. The molecule has 0 bridgehead atoms. The highest BCUT2D eigenvalue weighted by molar-refractivity contribution is 4.96. The minimum atomic E-state index is -0.415. The maximum Gasteiger partial charge on any atom is 0.381 e. The molecule has 1 rings (SSSR count). The third-order valence-corrected chi connectivity index (χ3v) is 1.56. The summed E-state index contributed by atoms with van der Waals surface area (Å²) in [6.45, 7) is 4.42. The molecule has 0 aliphatic carbocycles. The van der Waals surface area contributed by atoms with Crippen LogP contribution in [0.4, 0.5) is 0 Å². The molecule has 0 saturated carbocycles. The highest BCUT2D eigenvalue weighted by Crippen LogP contribution is 1.88. The van der Waals surface area contributed by atoms with Gasteiger partial charge in [0.2, 0.25) is 0 Å². The van der Waals surface area contributed by atoms with Crippen molar-refractivity contribution in [2.75, 3.05) is 6.61 Å². The quantitative estimate of drug-likeness (QED) is 0.638. The Labute approximate surface area is 77.1 Å². The van der Waals surface area contributed by atoms with Crippen LogP contribution in [-0.4, -0.2) is 16.3 Å². The van der Waals surface area contributed by atoms with Crippen LogP contribution in [0.5, 0.6) is 0 Å². The van der Waals surface area contributed by atoms with Crippen molar-refractivity contribution in [1.82, 2.24) is 9.71 Å². The molecule has 0 N–H and O–H groups in total. The van der Waals surface area contributed by atoms with E-state index in [0.29, 0.717) is 6.61 Å². The molecule has 0 aliphatic heterocycles. The summed E-state index contributed by atoms with van der Waals surface area (Å²) >= 11 is 0. The Morgan fingerprint density at radius 3 is 3.15 bits per heavy atom. The van der Waals surface area contributed by atoms with Crippen LogP contribution >= 0.6 is 0 Å². The SMILES string of the molecule is CCCCOn1cc(C)[c]nc1=O. The molecule has 1 aromatic heterocycles. The fourth-order valence-electron chi connectivity index (χ4n) is 0.845. The molecular formula is C9H13N2O2. The van der Waals surface area contributed by atoms with Crippen molar-refractivity contribution in [1.29, 1.82) is 0 Å². The van der Waals surface area contributed by atoms with Crippen LogP contribution in [0.15, 0.2) is 11.0 Å². The zero-order valence-corrected chi connectivity index (χ0v) is 7.91. The maximum atomic E-state index is 11.1. The lowest BCUT2D eigenvalue weighted by molar-refractivity contribution is 0.0956. The summed E-state index contributed by atoms with van der Waals surface area (Å²) in [6.07, 6.45) is 6.13. The van der Waals surface area contributed by atoms with Gasteiger partial charge in [-0.15, -0.1) is 4.73 Å². The largest absolute Gasteiger partial charge is 0.410 e. The molecular weight excluding hydrogens is 168 g/mol. The fourth-order valence-corrected chi connectivity index (χ4v) is 0.845. The van der Waals surface area contributed by atoms with Crippen molar-refractivity contribution in [2.45, 2.75) is 26.7 Å². The van der Waals surface area contributed by atoms with Crippen LogP contribution in [-0.2, 0) is 0 Å². The zero-order chi connectivity index (χ0) is 9.68. The molecule has 0 unspecified atom stereocenters. The maximum absolute atomic E-state index is 11.1. The van der Waals surface area contributed by atoms with Crippen LogP contribution in [0, 0.1) is 13.1 Å². The lowest BCUT2D eigenvalue weighted by Gasteiger charge is -2.06. The van der Waals surface area contributed by atoms with Gasteiger partial charge in [-0.2, -0.15) is 4.98 Å². The Morgan fingerprint density at radius 2 is 2.46 bits per heavy atom. The molecule has 0 spiro atoms. The van der Waals surface area contributed by atoms with Crippen LogP contribution < -0.4 is 10.5 Å². The first-order chi connectivity index (χ1) is 6.24. The molecule has 1 radical (unpaired) electrons. The van der Waals surface area contributed by atoms with E-state index in [2.05, 4.69) is 18.1 Å². The molecule has 0 aromatic carbocycles. The first kappa shape index (κ1) is 9.77. The lowest BCUT2D eigenvalue weighted by atomic mass is 10.4. The average Bonchev–Trinajstić information content (AvgIpc) is 2.11. The second-order valence-electron chi connectivity index (χ2n) is 2.83. The van der Waals surface area contributed by atoms with Crippen LogP contribution in [0.3, 0.4) is 0 Å². The minimum Gasteiger partial charge on any atom is -0.410 e. The summed E-state index contributed by atoms with van der Waals surface area (Å²) < 4.78 is 1.15. The van der Waals surface area contributed by atoms with E-state index >= 15 is 0 Å². The highest BCUT2D eigenvalue weighted by atomic mass is 16.7. The Hall–Kier alpha value is -1.32. The summed E-state index contributed by atoms with van der Waals surface area (Å²) in [5, 5.41) is 0. The number of unbranched alkanes of at least 4 members (excludes halogenated alkanes) is 1. The molecule has 0 aliphatic rings. The third kappa shape index (κ3) is 2.89. The number of aryl methyl sites for hydroxylation is 1. The van der Waals surface area contributed by atoms with Gasteiger partial charge in [0.15, 0.2) is 0 Å². The molecule has 1 aromatic rings.